The number of nitrogens with one attached hydrogen (secondary N) is 1. The summed E-state index contributed by atoms with van der Waals surface area (Å²) in [5.41, 5.74) is 1.66. The summed E-state index contributed by atoms with van der Waals surface area (Å²) in [6.07, 6.45) is 0. The summed E-state index contributed by atoms with van der Waals surface area (Å²) in [7, 11) is 0. The molecule has 3 N–H and O–H groups in total. The number of halogens is 1. The molecule has 0 saturated heterocycles. The van der Waals surface area contributed by atoms with Crippen LogP contribution >= 0.6 is 15.9 Å². The van der Waals surface area contributed by atoms with Crippen molar-refractivity contribution in [1.29, 1.82) is 0 Å². The van der Waals surface area contributed by atoms with Crippen LogP contribution in [0.3, 0.4) is 0 Å². The lowest BCUT2D eigenvalue weighted by atomic mass is 10.2. The fourth-order valence-corrected chi connectivity index (χ4v) is 0.965. The van der Waals surface area contributed by atoms with Gasteiger partial charge in [-0.2, -0.15) is 0 Å². The number of carbonyl (C=O) groups excluding carboxylic acids is 1. The van der Waals surface area contributed by atoms with Crippen LogP contribution in [0.25, 0.3) is 0 Å². The molecule has 64 valence electrons. The molecule has 5 heteroatoms. The molecule has 0 aromatic heterocycles. The number of amides is 1. The Kier molecular flexibility index (Phi) is 2.67. The van der Waals surface area contributed by atoms with Gasteiger partial charge in [0.2, 0.25) is 0 Å². The summed E-state index contributed by atoms with van der Waals surface area (Å²) in [4.78, 5) is 10.8. The first kappa shape index (κ1) is 9.02. The van der Waals surface area contributed by atoms with Crippen LogP contribution in [0.5, 0.6) is 5.75 Å². The highest BCUT2D eigenvalue weighted by Crippen LogP contribution is 2.23. The van der Waals surface area contributed by atoms with Crippen LogP contribution in [-0.4, -0.2) is 16.2 Å². The summed E-state index contributed by atoms with van der Waals surface area (Å²) < 4.78 is 0.497. The van der Waals surface area contributed by atoms with E-state index in [9.17, 15) is 4.79 Å². The monoisotopic (exact) mass is 231 g/mol. The molecule has 1 amide bonds. The summed E-state index contributed by atoms with van der Waals surface area (Å²) in [6.45, 7) is 0. The molecule has 0 saturated carbocycles. The molecule has 1 aromatic carbocycles. The van der Waals surface area contributed by atoms with Crippen molar-refractivity contribution in [1.82, 2.24) is 5.48 Å². The van der Waals surface area contributed by atoms with Gasteiger partial charge in [0.05, 0.1) is 4.47 Å². The number of rotatable bonds is 1. The minimum atomic E-state index is -0.655. The Morgan fingerprint density at radius 2 is 2.17 bits per heavy atom. The first-order chi connectivity index (χ1) is 5.65. The summed E-state index contributed by atoms with van der Waals surface area (Å²) in [5, 5.41) is 17.4. The molecule has 0 aliphatic carbocycles. The molecule has 4 nitrogen and oxygen atoms in total. The van der Waals surface area contributed by atoms with Crippen LogP contribution in [0.15, 0.2) is 22.7 Å². The minimum absolute atomic E-state index is 0.0453. The first-order valence-electron chi connectivity index (χ1n) is 3.08. The zero-order valence-corrected chi connectivity index (χ0v) is 7.50. The fourth-order valence-electron chi connectivity index (χ4n) is 0.718. The topological polar surface area (TPSA) is 69.6 Å². The third-order valence-electron chi connectivity index (χ3n) is 1.31. The van der Waals surface area contributed by atoms with E-state index >= 15 is 0 Å². The van der Waals surface area contributed by atoms with Crippen molar-refractivity contribution in [2.45, 2.75) is 0 Å². The van der Waals surface area contributed by atoms with Crippen LogP contribution in [0.1, 0.15) is 10.4 Å². The number of benzene rings is 1. The van der Waals surface area contributed by atoms with Gasteiger partial charge in [-0.1, -0.05) is 0 Å². The van der Waals surface area contributed by atoms with Gasteiger partial charge in [0, 0.05) is 5.56 Å². The average molecular weight is 232 g/mol. The molecule has 1 aromatic rings. The SMILES string of the molecule is O=C(NO)c1ccc(Br)c(O)c1. The van der Waals surface area contributed by atoms with Gasteiger partial charge in [-0.25, -0.2) is 5.48 Å². The van der Waals surface area contributed by atoms with E-state index in [-0.39, 0.29) is 11.3 Å². The van der Waals surface area contributed by atoms with Crippen LogP contribution in [-0.2, 0) is 0 Å². The number of carbonyl (C=O) groups is 1. The molecule has 0 aliphatic heterocycles. The third kappa shape index (κ3) is 1.75. The van der Waals surface area contributed by atoms with E-state index < -0.39 is 5.91 Å². The molecule has 0 unspecified atom stereocenters. The number of hydrogen-bond acceptors (Lipinski definition) is 3. The third-order valence-corrected chi connectivity index (χ3v) is 1.98. The van der Waals surface area contributed by atoms with Crippen molar-refractivity contribution in [3.05, 3.63) is 28.2 Å². The van der Waals surface area contributed by atoms with Crippen molar-refractivity contribution in [3.8, 4) is 5.75 Å². The van der Waals surface area contributed by atoms with Gasteiger partial charge >= 0.3 is 0 Å². The molecule has 0 spiro atoms. The Morgan fingerprint density at radius 3 is 2.67 bits per heavy atom. The Balaban J connectivity index is 3.05. The molecule has 12 heavy (non-hydrogen) atoms. The van der Waals surface area contributed by atoms with E-state index in [4.69, 9.17) is 10.3 Å². The maximum atomic E-state index is 10.8. The van der Waals surface area contributed by atoms with E-state index in [1.165, 1.54) is 23.7 Å². The van der Waals surface area contributed by atoms with E-state index in [1.54, 1.807) is 0 Å². The Labute approximate surface area is 76.9 Å². The molecular formula is C7H6BrNO3. The molecular weight excluding hydrogens is 226 g/mol. The summed E-state index contributed by atoms with van der Waals surface area (Å²) >= 11 is 3.06. The molecule has 1 rings (SSSR count). The smallest absolute Gasteiger partial charge is 0.274 e. The highest BCUT2D eigenvalue weighted by molar-refractivity contribution is 9.10. The second-order valence-electron chi connectivity index (χ2n) is 2.11. The number of phenolic OH excluding ortho intramolecular Hbond substituents is 1. The molecule has 0 atom stereocenters. The van der Waals surface area contributed by atoms with Gasteiger partial charge in [0.1, 0.15) is 5.75 Å². The lowest BCUT2D eigenvalue weighted by Gasteiger charge is -2.00. The maximum Gasteiger partial charge on any atom is 0.274 e. The standard InChI is InChI=1S/C7H6BrNO3/c8-5-2-1-4(3-6(5)10)7(11)9-12/h1-3,10,12H,(H,9,11). The van der Waals surface area contributed by atoms with E-state index in [0.717, 1.165) is 0 Å². The molecule has 0 radical (unpaired) electrons. The van der Waals surface area contributed by atoms with Gasteiger partial charge in [-0.3, -0.25) is 10.0 Å². The van der Waals surface area contributed by atoms with Gasteiger partial charge in [-0.05, 0) is 34.1 Å². The van der Waals surface area contributed by atoms with Crippen molar-refractivity contribution in [3.63, 3.8) is 0 Å². The molecule has 0 aliphatic rings. The van der Waals surface area contributed by atoms with Crippen molar-refractivity contribution in [2.24, 2.45) is 0 Å². The zero-order valence-electron chi connectivity index (χ0n) is 5.91. The van der Waals surface area contributed by atoms with Crippen molar-refractivity contribution < 1.29 is 15.1 Å². The lowest BCUT2D eigenvalue weighted by molar-refractivity contribution is 0.0706. The summed E-state index contributed by atoms with van der Waals surface area (Å²) in [5.74, 6) is -0.700. The van der Waals surface area contributed by atoms with Gasteiger partial charge in [-0.15, -0.1) is 0 Å². The normalized spacial score (nSPS) is 9.50. The molecule has 0 fully saturated rings. The van der Waals surface area contributed by atoms with E-state index in [0.29, 0.717) is 4.47 Å². The van der Waals surface area contributed by atoms with Gasteiger partial charge in [0.25, 0.3) is 5.91 Å². The number of hydroxylamine groups is 1. The fraction of sp³-hybridized carbons (Fsp3) is 0. The minimum Gasteiger partial charge on any atom is -0.507 e. The predicted molar refractivity (Wildman–Crippen MR) is 45.1 cm³/mol. The highest BCUT2D eigenvalue weighted by atomic mass is 79.9. The van der Waals surface area contributed by atoms with Crippen LogP contribution in [0.2, 0.25) is 0 Å². The predicted octanol–water partition coefficient (Wildman–Crippen LogP) is 1.27. The van der Waals surface area contributed by atoms with Gasteiger partial charge in [0.15, 0.2) is 0 Å². The highest BCUT2D eigenvalue weighted by Gasteiger charge is 2.05. The second-order valence-corrected chi connectivity index (χ2v) is 2.96. The van der Waals surface area contributed by atoms with E-state index in [2.05, 4.69) is 15.9 Å². The Bertz CT molecular complexity index is 314. The Morgan fingerprint density at radius 1 is 1.50 bits per heavy atom. The second kappa shape index (κ2) is 3.55. The number of aromatic hydroxyl groups is 1. The lowest BCUT2D eigenvalue weighted by Crippen LogP contribution is -2.18. The molecule has 0 bridgehead atoms. The van der Waals surface area contributed by atoms with E-state index in [1.807, 2.05) is 0 Å². The zero-order chi connectivity index (χ0) is 9.14. The average Bonchev–Trinajstić information content (AvgIpc) is 2.08. The first-order valence-corrected chi connectivity index (χ1v) is 3.87. The number of phenols is 1. The van der Waals surface area contributed by atoms with Crippen LogP contribution < -0.4 is 5.48 Å². The quantitative estimate of drug-likeness (QED) is 0.504. The number of hydrogen-bond donors (Lipinski definition) is 3. The molecule has 0 heterocycles. The largest absolute Gasteiger partial charge is 0.507 e. The van der Waals surface area contributed by atoms with Crippen LogP contribution in [0, 0.1) is 0 Å². The van der Waals surface area contributed by atoms with Crippen molar-refractivity contribution >= 4 is 21.8 Å². The van der Waals surface area contributed by atoms with Crippen LogP contribution in [0.4, 0.5) is 0 Å². The summed E-state index contributed by atoms with van der Waals surface area (Å²) in [6, 6.07) is 4.23. The van der Waals surface area contributed by atoms with Crippen molar-refractivity contribution in [2.75, 3.05) is 0 Å². The Hall–Kier alpha value is -1.07. The van der Waals surface area contributed by atoms with Gasteiger partial charge < -0.3 is 5.11 Å². The maximum absolute atomic E-state index is 10.8.